The van der Waals surface area contributed by atoms with Crippen LogP contribution in [0, 0.1) is 0 Å². The van der Waals surface area contributed by atoms with E-state index in [1.54, 1.807) is 0 Å². The summed E-state index contributed by atoms with van der Waals surface area (Å²) in [5.41, 5.74) is 0. The van der Waals surface area contributed by atoms with E-state index in [2.05, 4.69) is 31.2 Å². The van der Waals surface area contributed by atoms with Gasteiger partial charge in [0.2, 0.25) is 0 Å². The second-order valence-corrected chi connectivity index (χ2v) is 6.07. The lowest BCUT2D eigenvalue weighted by molar-refractivity contribution is -0.148. The van der Waals surface area contributed by atoms with Gasteiger partial charge in [0, 0.05) is 7.11 Å². The summed E-state index contributed by atoms with van der Waals surface area (Å²) in [6, 6.07) is 0. The summed E-state index contributed by atoms with van der Waals surface area (Å²) >= 11 is 0. The molecule has 0 aliphatic carbocycles. The van der Waals surface area contributed by atoms with Gasteiger partial charge in [-0.2, -0.15) is 0 Å². The van der Waals surface area contributed by atoms with Gasteiger partial charge in [0.25, 0.3) is 0 Å². The fraction of sp³-hybridized carbons (Fsp3) is 0.750. The second kappa shape index (κ2) is 17.3. The summed E-state index contributed by atoms with van der Waals surface area (Å²) in [5, 5.41) is 8.83. The van der Waals surface area contributed by atoms with Crippen molar-refractivity contribution in [2.75, 3.05) is 7.11 Å². The van der Waals surface area contributed by atoms with Gasteiger partial charge in [0.1, 0.15) is 0 Å². The molecule has 0 aromatic carbocycles. The van der Waals surface area contributed by atoms with Crippen molar-refractivity contribution in [2.24, 2.45) is 0 Å². The van der Waals surface area contributed by atoms with Crippen molar-refractivity contribution >= 4 is 5.97 Å². The van der Waals surface area contributed by atoms with Crippen LogP contribution in [0.2, 0.25) is 0 Å². The molecule has 0 aromatic heterocycles. The third-order valence-corrected chi connectivity index (χ3v) is 3.96. The number of unbranched alkanes of at least 4 members (excludes halogenated alkanes) is 8. The maximum atomic E-state index is 10.8. The molecule has 1 unspecified atom stereocenters. The van der Waals surface area contributed by atoms with Crippen LogP contribution in [0.15, 0.2) is 24.3 Å². The lowest BCUT2D eigenvalue weighted by Crippen LogP contribution is -2.21. The van der Waals surface area contributed by atoms with E-state index < -0.39 is 12.1 Å². The Hall–Kier alpha value is -1.09. The lowest BCUT2D eigenvalue weighted by atomic mass is 10.1. The SMILES string of the molecule is CCCCCCCCC/C=C\CC/C=C\CCC(OC)C(=O)O. The zero-order valence-electron chi connectivity index (χ0n) is 15.1. The Kier molecular flexibility index (Phi) is 16.4. The summed E-state index contributed by atoms with van der Waals surface area (Å²) < 4.78 is 4.89. The first kappa shape index (κ1) is 21.9. The Morgan fingerprint density at radius 3 is 1.96 bits per heavy atom. The molecule has 0 aromatic rings. The van der Waals surface area contributed by atoms with Crippen LogP contribution in [0.3, 0.4) is 0 Å². The van der Waals surface area contributed by atoms with Crippen molar-refractivity contribution in [1.82, 2.24) is 0 Å². The number of carboxylic acid groups (broad SMARTS) is 1. The first-order valence-corrected chi connectivity index (χ1v) is 9.28. The molecule has 0 rings (SSSR count). The second-order valence-electron chi connectivity index (χ2n) is 6.07. The molecule has 0 spiro atoms. The van der Waals surface area contributed by atoms with E-state index in [4.69, 9.17) is 9.84 Å². The van der Waals surface area contributed by atoms with Gasteiger partial charge >= 0.3 is 5.97 Å². The fourth-order valence-electron chi connectivity index (χ4n) is 2.47. The van der Waals surface area contributed by atoms with Crippen LogP contribution >= 0.6 is 0 Å². The first-order valence-electron chi connectivity index (χ1n) is 9.28. The van der Waals surface area contributed by atoms with Crippen molar-refractivity contribution < 1.29 is 14.6 Å². The Labute approximate surface area is 142 Å². The number of allylic oxidation sites excluding steroid dienone is 4. The highest BCUT2D eigenvalue weighted by molar-refractivity contribution is 5.72. The third-order valence-electron chi connectivity index (χ3n) is 3.96. The molecule has 3 heteroatoms. The standard InChI is InChI=1S/C20H36O3/c1-3-4-5-6-7-8-9-10-11-12-13-14-15-16-17-18-19(23-2)20(21)22/h11-12,15-16,19H,3-10,13-14,17-18H2,1-2H3,(H,21,22)/b12-11-,16-15-. The average molecular weight is 325 g/mol. The molecule has 0 heterocycles. The Morgan fingerprint density at radius 2 is 1.39 bits per heavy atom. The molecule has 1 atom stereocenters. The number of carbonyl (C=O) groups is 1. The number of ether oxygens (including phenoxy) is 1. The van der Waals surface area contributed by atoms with E-state index in [-0.39, 0.29) is 0 Å². The highest BCUT2D eigenvalue weighted by Crippen LogP contribution is 2.09. The highest BCUT2D eigenvalue weighted by atomic mass is 16.5. The molecule has 0 saturated carbocycles. The number of aliphatic carboxylic acids is 1. The van der Waals surface area contributed by atoms with Crippen molar-refractivity contribution in [3.8, 4) is 0 Å². The molecule has 0 fully saturated rings. The number of hydrogen-bond donors (Lipinski definition) is 1. The van der Waals surface area contributed by atoms with E-state index in [1.165, 1.54) is 58.5 Å². The minimum absolute atomic E-state index is 0.538. The molecule has 23 heavy (non-hydrogen) atoms. The number of methoxy groups -OCH3 is 1. The van der Waals surface area contributed by atoms with Crippen LogP contribution in [-0.4, -0.2) is 24.3 Å². The van der Waals surface area contributed by atoms with Gasteiger partial charge < -0.3 is 9.84 Å². The first-order chi connectivity index (χ1) is 11.2. The molecular formula is C20H36O3. The van der Waals surface area contributed by atoms with E-state index in [1.807, 2.05) is 0 Å². The predicted molar refractivity (Wildman–Crippen MR) is 97.8 cm³/mol. The lowest BCUT2D eigenvalue weighted by Gasteiger charge is -2.07. The minimum atomic E-state index is -0.880. The van der Waals surface area contributed by atoms with Crippen molar-refractivity contribution in [3.63, 3.8) is 0 Å². The Morgan fingerprint density at radius 1 is 0.870 bits per heavy atom. The molecule has 0 bridgehead atoms. The van der Waals surface area contributed by atoms with Crippen LogP contribution in [0.1, 0.15) is 84.0 Å². The summed E-state index contributed by atoms with van der Waals surface area (Å²) in [4.78, 5) is 10.8. The summed E-state index contributed by atoms with van der Waals surface area (Å²) in [5.74, 6) is -0.880. The van der Waals surface area contributed by atoms with Crippen LogP contribution in [-0.2, 0) is 9.53 Å². The smallest absolute Gasteiger partial charge is 0.332 e. The van der Waals surface area contributed by atoms with Crippen LogP contribution in [0.5, 0.6) is 0 Å². The van der Waals surface area contributed by atoms with Gasteiger partial charge in [-0.25, -0.2) is 4.79 Å². The van der Waals surface area contributed by atoms with Gasteiger partial charge in [-0.05, 0) is 38.5 Å². The van der Waals surface area contributed by atoms with Crippen LogP contribution < -0.4 is 0 Å². The zero-order valence-corrected chi connectivity index (χ0v) is 15.1. The topological polar surface area (TPSA) is 46.5 Å². The van der Waals surface area contributed by atoms with Gasteiger partial charge in [-0.1, -0.05) is 69.8 Å². The Bertz CT molecular complexity index is 321. The van der Waals surface area contributed by atoms with Crippen LogP contribution in [0.25, 0.3) is 0 Å². The molecule has 0 radical (unpaired) electrons. The minimum Gasteiger partial charge on any atom is -0.479 e. The summed E-state index contributed by atoms with van der Waals surface area (Å²) in [6.07, 6.45) is 22.2. The maximum Gasteiger partial charge on any atom is 0.332 e. The van der Waals surface area contributed by atoms with E-state index in [9.17, 15) is 4.79 Å². The van der Waals surface area contributed by atoms with Crippen molar-refractivity contribution in [2.45, 2.75) is 90.1 Å². The summed E-state index contributed by atoms with van der Waals surface area (Å²) in [6.45, 7) is 2.26. The monoisotopic (exact) mass is 324 g/mol. The molecule has 1 N–H and O–H groups in total. The molecule has 0 aliphatic heterocycles. The van der Waals surface area contributed by atoms with Crippen LogP contribution in [0.4, 0.5) is 0 Å². The third kappa shape index (κ3) is 15.6. The highest BCUT2D eigenvalue weighted by Gasteiger charge is 2.14. The fourth-order valence-corrected chi connectivity index (χ4v) is 2.47. The molecule has 3 nitrogen and oxygen atoms in total. The summed E-state index contributed by atoms with van der Waals surface area (Å²) in [7, 11) is 1.44. The number of carboxylic acids is 1. The number of rotatable bonds is 16. The normalized spacial score (nSPS) is 13.1. The molecule has 0 aliphatic rings. The Balaban J connectivity index is 3.36. The van der Waals surface area contributed by atoms with E-state index in [0.717, 1.165) is 19.3 Å². The molecule has 0 saturated heterocycles. The van der Waals surface area contributed by atoms with E-state index in [0.29, 0.717) is 6.42 Å². The molecule has 134 valence electrons. The van der Waals surface area contributed by atoms with Gasteiger partial charge in [0.05, 0.1) is 0 Å². The van der Waals surface area contributed by atoms with Gasteiger partial charge in [-0.3, -0.25) is 0 Å². The number of hydrogen-bond acceptors (Lipinski definition) is 2. The zero-order chi connectivity index (χ0) is 17.2. The van der Waals surface area contributed by atoms with E-state index >= 15 is 0 Å². The maximum absolute atomic E-state index is 10.8. The quantitative estimate of drug-likeness (QED) is 0.284. The van der Waals surface area contributed by atoms with Gasteiger partial charge in [-0.15, -0.1) is 0 Å². The predicted octanol–water partition coefficient (Wildman–Crippen LogP) is 5.90. The largest absolute Gasteiger partial charge is 0.479 e. The average Bonchev–Trinajstić information content (AvgIpc) is 2.54. The van der Waals surface area contributed by atoms with Gasteiger partial charge in [0.15, 0.2) is 6.10 Å². The molecule has 0 amide bonds. The molecular weight excluding hydrogens is 288 g/mol. The van der Waals surface area contributed by atoms with Crippen molar-refractivity contribution in [3.05, 3.63) is 24.3 Å². The van der Waals surface area contributed by atoms with Crippen molar-refractivity contribution in [1.29, 1.82) is 0 Å².